The molecule has 17 heavy (non-hydrogen) atoms. The molecule has 0 bridgehead atoms. The minimum atomic E-state index is -0.286. The zero-order chi connectivity index (χ0) is 12.3. The lowest BCUT2D eigenvalue weighted by atomic mass is 10.1. The Morgan fingerprint density at radius 3 is 2.65 bits per heavy atom. The monoisotopic (exact) mass is 299 g/mol. The van der Waals surface area contributed by atoms with Gasteiger partial charge in [0.15, 0.2) is 0 Å². The number of hydrogen-bond donors (Lipinski definition) is 0. The van der Waals surface area contributed by atoms with Crippen molar-refractivity contribution in [2.75, 3.05) is 13.1 Å². The van der Waals surface area contributed by atoms with Gasteiger partial charge in [-0.2, -0.15) is 0 Å². The maximum atomic E-state index is 12.9. The Balaban J connectivity index is 2.02. The van der Waals surface area contributed by atoms with E-state index in [2.05, 4.69) is 15.9 Å². The summed E-state index contributed by atoms with van der Waals surface area (Å²) in [6.45, 7) is 1.72. The van der Waals surface area contributed by atoms with Gasteiger partial charge < -0.3 is 4.90 Å². The molecule has 0 saturated carbocycles. The molecule has 1 heterocycles. The van der Waals surface area contributed by atoms with Crippen molar-refractivity contribution < 1.29 is 9.18 Å². The molecule has 1 aliphatic heterocycles. The fourth-order valence-electron chi connectivity index (χ4n) is 2.08. The van der Waals surface area contributed by atoms with Crippen LogP contribution in [-0.4, -0.2) is 23.9 Å². The van der Waals surface area contributed by atoms with Gasteiger partial charge in [-0.15, -0.1) is 0 Å². The molecule has 0 atom stereocenters. The number of nitrogens with zero attached hydrogens (tertiary/aromatic N) is 1. The minimum Gasteiger partial charge on any atom is -0.342 e. The van der Waals surface area contributed by atoms with Crippen LogP contribution in [0.3, 0.4) is 0 Å². The summed E-state index contributed by atoms with van der Waals surface area (Å²) >= 11 is 3.29. The first-order valence-electron chi connectivity index (χ1n) is 5.88. The van der Waals surface area contributed by atoms with Gasteiger partial charge in [0.25, 0.3) is 0 Å². The van der Waals surface area contributed by atoms with Crippen molar-refractivity contribution >= 4 is 21.8 Å². The van der Waals surface area contributed by atoms with Crippen LogP contribution in [0.25, 0.3) is 0 Å². The Morgan fingerprint density at radius 1 is 1.29 bits per heavy atom. The van der Waals surface area contributed by atoms with Crippen molar-refractivity contribution in [3.8, 4) is 0 Å². The second-order valence-electron chi connectivity index (χ2n) is 4.35. The van der Waals surface area contributed by atoms with E-state index in [1.807, 2.05) is 4.90 Å². The Morgan fingerprint density at radius 2 is 2.00 bits per heavy atom. The van der Waals surface area contributed by atoms with E-state index in [1.165, 1.54) is 18.6 Å². The SMILES string of the molecule is O=C(Cc1ccc(F)cc1Br)N1CCCCC1. The van der Waals surface area contributed by atoms with Gasteiger partial charge in [0, 0.05) is 17.6 Å². The number of benzene rings is 1. The summed E-state index contributed by atoms with van der Waals surface area (Å²) in [6.07, 6.45) is 3.75. The van der Waals surface area contributed by atoms with Crippen LogP contribution < -0.4 is 0 Å². The van der Waals surface area contributed by atoms with Crippen LogP contribution in [-0.2, 0) is 11.2 Å². The van der Waals surface area contributed by atoms with E-state index in [0.29, 0.717) is 10.9 Å². The van der Waals surface area contributed by atoms with Crippen molar-refractivity contribution in [3.05, 3.63) is 34.1 Å². The van der Waals surface area contributed by atoms with Crippen LogP contribution in [0.5, 0.6) is 0 Å². The molecule has 1 aromatic rings. The number of carbonyl (C=O) groups excluding carboxylic acids is 1. The molecule has 0 unspecified atom stereocenters. The average molecular weight is 300 g/mol. The summed E-state index contributed by atoms with van der Waals surface area (Å²) in [5.41, 5.74) is 0.849. The molecule has 2 nitrogen and oxygen atoms in total. The third kappa shape index (κ3) is 3.28. The van der Waals surface area contributed by atoms with Gasteiger partial charge in [-0.3, -0.25) is 4.79 Å². The average Bonchev–Trinajstić information content (AvgIpc) is 2.34. The highest BCUT2D eigenvalue weighted by molar-refractivity contribution is 9.10. The highest BCUT2D eigenvalue weighted by Crippen LogP contribution is 2.20. The highest BCUT2D eigenvalue weighted by Gasteiger charge is 2.17. The first kappa shape index (κ1) is 12.6. The van der Waals surface area contributed by atoms with Gasteiger partial charge in [0.05, 0.1) is 6.42 Å². The van der Waals surface area contributed by atoms with Gasteiger partial charge >= 0.3 is 0 Å². The highest BCUT2D eigenvalue weighted by atomic mass is 79.9. The van der Waals surface area contributed by atoms with E-state index < -0.39 is 0 Å². The zero-order valence-electron chi connectivity index (χ0n) is 9.59. The molecule has 0 aromatic heterocycles. The zero-order valence-corrected chi connectivity index (χ0v) is 11.2. The van der Waals surface area contributed by atoms with E-state index in [4.69, 9.17) is 0 Å². The van der Waals surface area contributed by atoms with Crippen LogP contribution in [0.1, 0.15) is 24.8 Å². The number of likely N-dealkylation sites (tertiary alicyclic amines) is 1. The first-order valence-corrected chi connectivity index (χ1v) is 6.68. The molecule has 1 amide bonds. The maximum Gasteiger partial charge on any atom is 0.227 e. The van der Waals surface area contributed by atoms with Gasteiger partial charge in [-0.05, 0) is 37.0 Å². The smallest absolute Gasteiger partial charge is 0.227 e. The Hall–Kier alpha value is -0.900. The van der Waals surface area contributed by atoms with Crippen LogP contribution in [0.15, 0.2) is 22.7 Å². The lowest BCUT2D eigenvalue weighted by Gasteiger charge is -2.26. The van der Waals surface area contributed by atoms with E-state index >= 15 is 0 Å². The number of amides is 1. The van der Waals surface area contributed by atoms with E-state index in [1.54, 1.807) is 6.07 Å². The molecule has 0 spiro atoms. The fourth-order valence-corrected chi connectivity index (χ4v) is 2.57. The molecular weight excluding hydrogens is 285 g/mol. The number of carbonyl (C=O) groups is 1. The number of halogens is 2. The van der Waals surface area contributed by atoms with Crippen LogP contribution >= 0.6 is 15.9 Å². The number of rotatable bonds is 2. The van der Waals surface area contributed by atoms with Gasteiger partial charge in [0.2, 0.25) is 5.91 Å². The normalized spacial score (nSPS) is 16.0. The predicted molar refractivity (Wildman–Crippen MR) is 68.2 cm³/mol. The standard InChI is InChI=1S/C13H15BrFNO/c14-12-9-11(15)5-4-10(12)8-13(17)16-6-2-1-3-7-16/h4-5,9H,1-3,6-8H2. The van der Waals surface area contributed by atoms with Crippen molar-refractivity contribution in [1.29, 1.82) is 0 Å². The summed E-state index contributed by atoms with van der Waals surface area (Å²) in [7, 11) is 0. The Bertz CT molecular complexity index is 416. The summed E-state index contributed by atoms with van der Waals surface area (Å²) in [4.78, 5) is 13.9. The van der Waals surface area contributed by atoms with Crippen molar-refractivity contribution in [1.82, 2.24) is 4.90 Å². The molecular formula is C13H15BrFNO. The summed E-state index contributed by atoms with van der Waals surface area (Å²) in [6, 6.07) is 4.46. The molecule has 1 aliphatic rings. The Kier molecular flexibility index (Phi) is 4.15. The van der Waals surface area contributed by atoms with Gasteiger partial charge in [0.1, 0.15) is 5.82 Å². The summed E-state index contributed by atoms with van der Waals surface area (Å²) in [5, 5.41) is 0. The second-order valence-corrected chi connectivity index (χ2v) is 5.21. The number of hydrogen-bond acceptors (Lipinski definition) is 1. The molecule has 0 aliphatic carbocycles. The molecule has 92 valence electrons. The predicted octanol–water partition coefficient (Wildman–Crippen LogP) is 3.14. The van der Waals surface area contributed by atoms with Crippen molar-refractivity contribution in [2.24, 2.45) is 0 Å². The van der Waals surface area contributed by atoms with Gasteiger partial charge in [-0.25, -0.2) is 4.39 Å². The maximum absolute atomic E-state index is 12.9. The lowest BCUT2D eigenvalue weighted by Crippen LogP contribution is -2.36. The topological polar surface area (TPSA) is 20.3 Å². The summed E-state index contributed by atoms with van der Waals surface area (Å²) < 4.78 is 13.6. The van der Waals surface area contributed by atoms with Crippen molar-refractivity contribution in [2.45, 2.75) is 25.7 Å². The van der Waals surface area contributed by atoms with Gasteiger partial charge in [-0.1, -0.05) is 22.0 Å². The van der Waals surface area contributed by atoms with Crippen LogP contribution in [0, 0.1) is 5.82 Å². The van der Waals surface area contributed by atoms with E-state index in [0.717, 1.165) is 31.5 Å². The first-order chi connectivity index (χ1) is 8.16. The van der Waals surface area contributed by atoms with Crippen molar-refractivity contribution in [3.63, 3.8) is 0 Å². The van der Waals surface area contributed by atoms with Crippen LogP contribution in [0.2, 0.25) is 0 Å². The molecule has 1 saturated heterocycles. The van der Waals surface area contributed by atoms with Crippen LogP contribution in [0.4, 0.5) is 4.39 Å². The molecule has 0 N–H and O–H groups in total. The fraction of sp³-hybridized carbons (Fsp3) is 0.462. The quantitative estimate of drug-likeness (QED) is 0.821. The molecule has 0 radical (unpaired) electrons. The lowest BCUT2D eigenvalue weighted by molar-refractivity contribution is -0.131. The van der Waals surface area contributed by atoms with E-state index in [9.17, 15) is 9.18 Å². The third-order valence-electron chi connectivity index (χ3n) is 3.07. The summed E-state index contributed by atoms with van der Waals surface area (Å²) in [5.74, 6) is -0.150. The molecule has 2 rings (SSSR count). The largest absolute Gasteiger partial charge is 0.342 e. The van der Waals surface area contributed by atoms with E-state index in [-0.39, 0.29) is 11.7 Å². The number of piperidine rings is 1. The second kappa shape index (κ2) is 5.63. The third-order valence-corrected chi connectivity index (χ3v) is 3.80. The molecule has 1 aromatic carbocycles. The minimum absolute atomic E-state index is 0.136. The molecule has 4 heteroatoms. The Labute approximate surface area is 109 Å². The molecule has 1 fully saturated rings.